The van der Waals surface area contributed by atoms with E-state index in [2.05, 4.69) is 15.9 Å². The van der Waals surface area contributed by atoms with Gasteiger partial charge in [-0.3, -0.25) is 4.79 Å². The number of hydrogen-bond donors (Lipinski definition) is 1. The second-order valence-corrected chi connectivity index (χ2v) is 6.56. The Morgan fingerprint density at radius 1 is 1.41 bits per heavy atom. The van der Waals surface area contributed by atoms with E-state index in [1.807, 2.05) is 4.72 Å². The quantitative estimate of drug-likeness (QED) is 0.920. The fourth-order valence-corrected chi connectivity index (χ4v) is 3.14. The minimum atomic E-state index is -3.92. The molecule has 0 fully saturated rings. The van der Waals surface area contributed by atoms with E-state index >= 15 is 0 Å². The molecule has 1 rings (SSSR count). The highest BCUT2D eigenvalue weighted by Gasteiger charge is 2.22. The van der Waals surface area contributed by atoms with Crippen molar-refractivity contribution in [2.24, 2.45) is 5.92 Å². The van der Waals surface area contributed by atoms with E-state index in [4.69, 9.17) is 11.6 Å². The van der Waals surface area contributed by atoms with E-state index < -0.39 is 21.8 Å². The lowest BCUT2D eigenvalue weighted by Gasteiger charge is -2.10. The predicted molar refractivity (Wildman–Crippen MR) is 69.3 cm³/mol. The van der Waals surface area contributed by atoms with Crippen molar-refractivity contribution in [1.82, 2.24) is 4.72 Å². The number of rotatable bonds is 3. The largest absolute Gasteiger partial charge is 0.274 e. The van der Waals surface area contributed by atoms with E-state index in [1.165, 1.54) is 12.1 Å². The normalized spacial score (nSPS) is 11.6. The zero-order chi connectivity index (χ0) is 13.2. The molecule has 0 unspecified atom stereocenters. The van der Waals surface area contributed by atoms with Crippen molar-refractivity contribution in [3.05, 3.63) is 27.7 Å². The smallest absolute Gasteiger partial charge is 0.265 e. The van der Waals surface area contributed by atoms with Crippen LogP contribution < -0.4 is 4.72 Å². The van der Waals surface area contributed by atoms with Gasteiger partial charge >= 0.3 is 0 Å². The first-order chi connectivity index (χ1) is 7.75. The van der Waals surface area contributed by atoms with E-state index in [9.17, 15) is 13.2 Å². The fourth-order valence-electron chi connectivity index (χ4n) is 0.997. The van der Waals surface area contributed by atoms with Gasteiger partial charge in [-0.1, -0.05) is 31.5 Å². The van der Waals surface area contributed by atoms with E-state index in [0.717, 1.165) is 0 Å². The molecule has 0 atom stereocenters. The van der Waals surface area contributed by atoms with Crippen LogP contribution in [0.25, 0.3) is 0 Å². The number of carbonyl (C=O) groups is 1. The summed E-state index contributed by atoms with van der Waals surface area (Å²) in [6.45, 7) is 3.21. The SMILES string of the molecule is CC(C)C(=O)NS(=O)(=O)c1cccc(Br)c1Cl. The van der Waals surface area contributed by atoms with Gasteiger partial charge in [0, 0.05) is 10.4 Å². The highest BCUT2D eigenvalue weighted by atomic mass is 79.9. The van der Waals surface area contributed by atoms with Crippen molar-refractivity contribution < 1.29 is 13.2 Å². The molecule has 1 N–H and O–H groups in total. The third kappa shape index (κ3) is 3.43. The molecular formula is C10H11BrClNO3S. The lowest BCUT2D eigenvalue weighted by Crippen LogP contribution is -2.33. The molecule has 0 saturated heterocycles. The van der Waals surface area contributed by atoms with Gasteiger partial charge in [-0.25, -0.2) is 13.1 Å². The third-order valence-corrected chi connectivity index (χ3v) is 4.76. The first-order valence-electron chi connectivity index (χ1n) is 4.76. The van der Waals surface area contributed by atoms with Gasteiger partial charge in [-0.2, -0.15) is 0 Å². The van der Waals surface area contributed by atoms with Crippen LogP contribution in [0.2, 0.25) is 5.02 Å². The molecule has 1 aromatic carbocycles. The summed E-state index contributed by atoms with van der Waals surface area (Å²) in [5.74, 6) is -0.989. The number of nitrogens with one attached hydrogen (secondary N) is 1. The summed E-state index contributed by atoms with van der Waals surface area (Å²) >= 11 is 8.99. The van der Waals surface area contributed by atoms with Crippen molar-refractivity contribution in [1.29, 1.82) is 0 Å². The number of carbonyl (C=O) groups excluding carboxylic acids is 1. The second kappa shape index (κ2) is 5.37. The van der Waals surface area contributed by atoms with Gasteiger partial charge in [0.25, 0.3) is 10.0 Å². The molecule has 17 heavy (non-hydrogen) atoms. The maximum atomic E-state index is 11.9. The summed E-state index contributed by atoms with van der Waals surface area (Å²) < 4.78 is 26.2. The Labute approximate surface area is 114 Å². The summed E-state index contributed by atoms with van der Waals surface area (Å²) in [7, 11) is -3.92. The Kier molecular flexibility index (Phi) is 4.57. The summed E-state index contributed by atoms with van der Waals surface area (Å²) in [5.41, 5.74) is 0. The van der Waals surface area contributed by atoms with Crippen LogP contribution in [0, 0.1) is 5.92 Å². The molecule has 0 aliphatic rings. The van der Waals surface area contributed by atoms with Crippen LogP contribution in [-0.4, -0.2) is 14.3 Å². The van der Waals surface area contributed by atoms with Gasteiger partial charge < -0.3 is 0 Å². The molecular weight excluding hydrogens is 330 g/mol. The van der Waals surface area contributed by atoms with Crippen LogP contribution in [0.1, 0.15) is 13.8 Å². The van der Waals surface area contributed by atoms with Gasteiger partial charge in [0.05, 0.1) is 5.02 Å². The van der Waals surface area contributed by atoms with Crippen molar-refractivity contribution in [3.63, 3.8) is 0 Å². The zero-order valence-electron chi connectivity index (χ0n) is 9.20. The van der Waals surface area contributed by atoms with E-state index in [0.29, 0.717) is 4.47 Å². The Morgan fingerprint density at radius 3 is 2.53 bits per heavy atom. The molecule has 4 nitrogen and oxygen atoms in total. The third-order valence-electron chi connectivity index (χ3n) is 1.97. The molecule has 7 heteroatoms. The van der Waals surface area contributed by atoms with Crippen LogP contribution in [0.15, 0.2) is 27.6 Å². The molecule has 1 amide bonds. The fraction of sp³-hybridized carbons (Fsp3) is 0.300. The van der Waals surface area contributed by atoms with E-state index in [1.54, 1.807) is 19.9 Å². The molecule has 1 aromatic rings. The average molecular weight is 341 g/mol. The van der Waals surface area contributed by atoms with E-state index in [-0.39, 0.29) is 9.92 Å². The lowest BCUT2D eigenvalue weighted by atomic mass is 10.2. The van der Waals surface area contributed by atoms with Crippen LogP contribution in [-0.2, 0) is 14.8 Å². The van der Waals surface area contributed by atoms with Gasteiger partial charge in [0.2, 0.25) is 5.91 Å². The minimum Gasteiger partial charge on any atom is -0.274 e. The van der Waals surface area contributed by atoms with Gasteiger partial charge in [0.15, 0.2) is 0 Å². The summed E-state index contributed by atoms with van der Waals surface area (Å²) in [6.07, 6.45) is 0. The van der Waals surface area contributed by atoms with Crippen LogP contribution in [0.4, 0.5) is 0 Å². The Bertz CT molecular complexity index is 542. The molecule has 94 valence electrons. The Morgan fingerprint density at radius 2 is 2.00 bits per heavy atom. The maximum absolute atomic E-state index is 11.9. The highest BCUT2D eigenvalue weighted by Crippen LogP contribution is 2.29. The highest BCUT2D eigenvalue weighted by molar-refractivity contribution is 9.10. The van der Waals surface area contributed by atoms with Crippen molar-refractivity contribution in [3.8, 4) is 0 Å². The molecule has 0 heterocycles. The van der Waals surface area contributed by atoms with Gasteiger partial charge in [-0.05, 0) is 28.1 Å². The number of halogens is 2. The van der Waals surface area contributed by atoms with Crippen molar-refractivity contribution in [2.45, 2.75) is 18.7 Å². The maximum Gasteiger partial charge on any atom is 0.265 e. The number of amides is 1. The van der Waals surface area contributed by atoms with Crippen LogP contribution in [0.5, 0.6) is 0 Å². The topological polar surface area (TPSA) is 63.2 Å². The monoisotopic (exact) mass is 339 g/mol. The number of hydrogen-bond acceptors (Lipinski definition) is 3. The average Bonchev–Trinajstić information content (AvgIpc) is 2.21. The van der Waals surface area contributed by atoms with Crippen LogP contribution in [0.3, 0.4) is 0 Å². The molecule has 0 aliphatic heterocycles. The van der Waals surface area contributed by atoms with Crippen molar-refractivity contribution in [2.75, 3.05) is 0 Å². The van der Waals surface area contributed by atoms with Gasteiger partial charge in [-0.15, -0.1) is 0 Å². The minimum absolute atomic E-state index is 0.0524. The Balaban J connectivity index is 3.15. The summed E-state index contributed by atoms with van der Waals surface area (Å²) in [4.78, 5) is 11.3. The molecule has 0 spiro atoms. The summed E-state index contributed by atoms with van der Waals surface area (Å²) in [6, 6.07) is 4.49. The first-order valence-corrected chi connectivity index (χ1v) is 7.42. The molecule has 0 saturated carbocycles. The van der Waals surface area contributed by atoms with Gasteiger partial charge in [0.1, 0.15) is 4.90 Å². The standard InChI is InChI=1S/C10H11BrClNO3S/c1-6(2)10(14)13-17(15,16)8-5-3-4-7(11)9(8)12/h3-6H,1-2H3,(H,13,14). The second-order valence-electron chi connectivity index (χ2n) is 3.68. The molecule has 0 aromatic heterocycles. The van der Waals surface area contributed by atoms with Crippen molar-refractivity contribution >= 4 is 43.5 Å². The Hall–Kier alpha value is -0.590. The number of benzene rings is 1. The molecule has 0 radical (unpaired) electrons. The lowest BCUT2D eigenvalue weighted by molar-refractivity contribution is -0.122. The predicted octanol–water partition coefficient (Wildman–Crippen LogP) is 2.56. The summed E-state index contributed by atoms with van der Waals surface area (Å²) in [5, 5.41) is 0.0524. The number of sulfonamides is 1. The molecule has 0 aliphatic carbocycles. The molecule has 0 bridgehead atoms. The van der Waals surface area contributed by atoms with Crippen LogP contribution >= 0.6 is 27.5 Å². The zero-order valence-corrected chi connectivity index (χ0v) is 12.4. The first kappa shape index (κ1) is 14.5.